The molecule has 12 nitrogen and oxygen atoms in total. The number of primary amides is 1. The number of phenols is 1. The number of carbonyl (C=O) groups is 3. The second kappa shape index (κ2) is 7.33. The van der Waals surface area contributed by atoms with Gasteiger partial charge in [0.05, 0.1) is 22.4 Å². The Morgan fingerprint density at radius 3 is 2.42 bits per heavy atom. The zero-order valence-electron chi connectivity index (χ0n) is 17.8. The zero-order chi connectivity index (χ0) is 24.6. The van der Waals surface area contributed by atoms with Gasteiger partial charge in [0.2, 0.25) is 5.75 Å². The number of fused-ring (bicyclic) bond motifs is 3. The summed E-state index contributed by atoms with van der Waals surface area (Å²) in [6.07, 6.45) is -1.85. The van der Waals surface area contributed by atoms with Gasteiger partial charge in [-0.1, -0.05) is 6.07 Å². The van der Waals surface area contributed by atoms with Crippen LogP contribution in [-0.2, 0) is 16.0 Å². The predicted molar refractivity (Wildman–Crippen MR) is 110 cm³/mol. The number of benzene rings is 1. The van der Waals surface area contributed by atoms with Crippen molar-refractivity contribution in [2.24, 2.45) is 23.5 Å². The smallest absolute Gasteiger partial charge is 0.311 e. The van der Waals surface area contributed by atoms with Crippen molar-refractivity contribution in [3.63, 3.8) is 0 Å². The van der Waals surface area contributed by atoms with Gasteiger partial charge < -0.3 is 26.2 Å². The summed E-state index contributed by atoms with van der Waals surface area (Å²) < 4.78 is 0. The molecule has 3 aliphatic rings. The van der Waals surface area contributed by atoms with Crippen LogP contribution in [0.1, 0.15) is 22.3 Å². The van der Waals surface area contributed by atoms with Crippen LogP contribution in [0, 0.1) is 27.9 Å². The van der Waals surface area contributed by atoms with Gasteiger partial charge in [-0.15, -0.1) is 0 Å². The highest BCUT2D eigenvalue weighted by atomic mass is 16.6. The van der Waals surface area contributed by atoms with E-state index in [1.807, 2.05) is 0 Å². The molecule has 4 rings (SSSR count). The summed E-state index contributed by atoms with van der Waals surface area (Å²) in [6, 6.07) is 1.32. The first kappa shape index (κ1) is 22.8. The van der Waals surface area contributed by atoms with Gasteiger partial charge in [-0.2, -0.15) is 0 Å². The maximum absolute atomic E-state index is 13.4. The molecule has 0 bridgehead atoms. The number of aliphatic hydroxyl groups excluding tert-OH is 2. The summed E-state index contributed by atoms with van der Waals surface area (Å²) in [4.78, 5) is 50.1. The number of nitrogens with zero attached hydrogens (tertiary/aromatic N) is 2. The second-order valence-electron chi connectivity index (χ2n) is 9.05. The Morgan fingerprint density at radius 1 is 1.24 bits per heavy atom. The van der Waals surface area contributed by atoms with Crippen LogP contribution in [-0.4, -0.2) is 79.6 Å². The topological polar surface area (TPSA) is 205 Å². The van der Waals surface area contributed by atoms with Crippen molar-refractivity contribution in [3.8, 4) is 5.75 Å². The zero-order valence-corrected chi connectivity index (χ0v) is 17.8. The summed E-state index contributed by atoms with van der Waals surface area (Å²) in [5, 5.41) is 55.1. The molecule has 1 aromatic carbocycles. The molecule has 6 atom stereocenters. The first-order chi connectivity index (χ1) is 15.3. The van der Waals surface area contributed by atoms with E-state index in [9.17, 15) is 44.9 Å². The summed E-state index contributed by atoms with van der Waals surface area (Å²) in [6.45, 7) is 0. The predicted octanol–water partition coefficient (Wildman–Crippen LogP) is -0.806. The van der Waals surface area contributed by atoms with E-state index in [-0.39, 0.29) is 18.4 Å². The third-order valence-electron chi connectivity index (χ3n) is 7.21. The van der Waals surface area contributed by atoms with Gasteiger partial charge in [-0.3, -0.25) is 29.4 Å². The van der Waals surface area contributed by atoms with Gasteiger partial charge in [0.15, 0.2) is 17.2 Å². The highest BCUT2D eigenvalue weighted by Gasteiger charge is 2.65. The third kappa shape index (κ3) is 2.91. The summed E-state index contributed by atoms with van der Waals surface area (Å²) in [7, 11) is 3.06. The molecule has 33 heavy (non-hydrogen) atoms. The SMILES string of the molecule is CN(C)[C@@H]1C(=O)C(C(N)=O)=C(O)[C@@]2(O)C(O)C3C(=O)c4c(ccc([N+](=O)[O-])c4O)CC3CC12. The molecule has 1 amide bonds. The van der Waals surface area contributed by atoms with E-state index in [0.29, 0.717) is 5.56 Å². The molecular formula is C21H23N3O9. The molecule has 1 aromatic rings. The van der Waals surface area contributed by atoms with Crippen molar-refractivity contribution in [2.75, 3.05) is 14.1 Å². The van der Waals surface area contributed by atoms with E-state index < -0.39 is 80.7 Å². The highest BCUT2D eigenvalue weighted by Crippen LogP contribution is 2.54. The molecule has 1 saturated carbocycles. The Hall–Kier alpha value is -3.35. The molecule has 6 N–H and O–H groups in total. The number of likely N-dealkylation sites (N-methyl/N-ethyl adjacent to an activating group) is 1. The van der Waals surface area contributed by atoms with Gasteiger partial charge in [-0.25, -0.2) is 0 Å². The Balaban J connectivity index is 1.90. The number of aromatic hydroxyl groups is 1. The van der Waals surface area contributed by atoms with Crippen LogP contribution in [0.4, 0.5) is 5.69 Å². The van der Waals surface area contributed by atoms with E-state index in [0.717, 1.165) is 6.07 Å². The van der Waals surface area contributed by atoms with Gasteiger partial charge in [-0.05, 0) is 38.4 Å². The van der Waals surface area contributed by atoms with Crippen LogP contribution in [0.5, 0.6) is 5.75 Å². The number of nitro benzene ring substituents is 1. The number of nitrogens with two attached hydrogens (primary N) is 1. The lowest BCUT2D eigenvalue weighted by Gasteiger charge is -2.55. The fourth-order valence-electron chi connectivity index (χ4n) is 5.80. The van der Waals surface area contributed by atoms with E-state index in [1.54, 1.807) is 0 Å². The summed E-state index contributed by atoms with van der Waals surface area (Å²) >= 11 is 0. The van der Waals surface area contributed by atoms with Crippen molar-refractivity contribution in [3.05, 3.63) is 44.7 Å². The van der Waals surface area contributed by atoms with Gasteiger partial charge in [0, 0.05) is 12.0 Å². The monoisotopic (exact) mass is 461 g/mol. The molecule has 176 valence electrons. The molecule has 1 fully saturated rings. The number of amides is 1. The van der Waals surface area contributed by atoms with Gasteiger partial charge >= 0.3 is 5.69 Å². The Bertz CT molecular complexity index is 1140. The van der Waals surface area contributed by atoms with E-state index in [1.165, 1.54) is 25.1 Å². The fraction of sp³-hybridized carbons (Fsp3) is 0.476. The van der Waals surface area contributed by atoms with E-state index >= 15 is 0 Å². The lowest BCUT2D eigenvalue weighted by Crippen LogP contribution is -2.69. The number of rotatable bonds is 3. The van der Waals surface area contributed by atoms with E-state index in [4.69, 9.17) is 5.73 Å². The lowest BCUT2D eigenvalue weighted by atomic mass is 9.54. The molecule has 0 aromatic heterocycles. The minimum atomic E-state index is -2.56. The standard InChI is InChI=1S/C21H23N3O9/c1-23(2)14-9-6-8-5-7-3-4-10(24(32)33)15(25)11(7)16(26)12(8)18(28)21(9,31)19(29)13(17(14)27)20(22)30/h3-4,8-9,12,14,18,25,28-29,31H,5-6H2,1-2H3,(H2,22,30)/t8?,9?,12?,14-,18?,21-/m0/s1. The maximum atomic E-state index is 13.4. The molecule has 0 saturated heterocycles. The molecule has 0 aliphatic heterocycles. The molecule has 0 spiro atoms. The van der Waals surface area contributed by atoms with Gasteiger partial charge in [0.25, 0.3) is 5.91 Å². The number of ketones is 2. The highest BCUT2D eigenvalue weighted by molar-refractivity contribution is 6.22. The number of aliphatic hydroxyl groups is 3. The third-order valence-corrected chi connectivity index (χ3v) is 7.21. The van der Waals surface area contributed by atoms with Crippen LogP contribution in [0.2, 0.25) is 0 Å². The fourth-order valence-corrected chi connectivity index (χ4v) is 5.80. The van der Waals surface area contributed by atoms with Crippen LogP contribution in [0.25, 0.3) is 0 Å². The quantitative estimate of drug-likeness (QED) is 0.215. The molecular weight excluding hydrogens is 438 g/mol. The Kier molecular flexibility index (Phi) is 5.07. The number of Topliss-reactive ketones (excluding diaryl/α,β-unsaturated/α-hetero) is 2. The molecule has 0 radical (unpaired) electrons. The van der Waals surface area contributed by atoms with Crippen molar-refractivity contribution in [1.82, 2.24) is 4.90 Å². The summed E-state index contributed by atoms with van der Waals surface area (Å²) in [5.74, 6) is -7.93. The average molecular weight is 461 g/mol. The van der Waals surface area contributed by atoms with Crippen molar-refractivity contribution in [2.45, 2.75) is 30.6 Å². The molecule has 3 aliphatic carbocycles. The van der Waals surface area contributed by atoms with Crippen LogP contribution in [0.3, 0.4) is 0 Å². The molecule has 0 heterocycles. The molecule has 4 unspecified atom stereocenters. The van der Waals surface area contributed by atoms with Crippen LogP contribution >= 0.6 is 0 Å². The maximum Gasteiger partial charge on any atom is 0.311 e. The number of phenolic OH excluding ortho intramolecular Hbond substituents is 1. The van der Waals surface area contributed by atoms with E-state index in [2.05, 4.69) is 0 Å². The summed E-state index contributed by atoms with van der Waals surface area (Å²) in [5.41, 5.74) is 1.18. The Labute approximate surface area is 187 Å². The lowest BCUT2D eigenvalue weighted by molar-refractivity contribution is -0.385. The number of carbonyl (C=O) groups excluding carboxylic acids is 3. The minimum absolute atomic E-state index is 0.00580. The first-order valence-corrected chi connectivity index (χ1v) is 10.2. The average Bonchev–Trinajstić information content (AvgIpc) is 2.70. The van der Waals surface area contributed by atoms with Gasteiger partial charge in [0.1, 0.15) is 17.4 Å². The van der Waals surface area contributed by atoms with Crippen LogP contribution < -0.4 is 5.73 Å². The number of hydrogen-bond acceptors (Lipinski definition) is 10. The number of nitro groups is 1. The first-order valence-electron chi connectivity index (χ1n) is 10.2. The normalized spacial score (nSPS) is 33.4. The Morgan fingerprint density at radius 2 is 1.88 bits per heavy atom. The minimum Gasteiger partial charge on any atom is -0.508 e. The molecule has 12 heteroatoms. The van der Waals surface area contributed by atoms with Crippen LogP contribution in [0.15, 0.2) is 23.5 Å². The number of hydrogen-bond donors (Lipinski definition) is 5. The largest absolute Gasteiger partial charge is 0.508 e. The van der Waals surface area contributed by atoms with Crippen molar-refractivity contribution < 1.29 is 39.7 Å². The second-order valence-corrected chi connectivity index (χ2v) is 9.05. The van der Waals surface area contributed by atoms with Crippen molar-refractivity contribution >= 4 is 23.2 Å². The van der Waals surface area contributed by atoms with Crippen molar-refractivity contribution in [1.29, 1.82) is 0 Å².